The third kappa shape index (κ3) is 4.26. The van der Waals surface area contributed by atoms with Gasteiger partial charge in [-0.25, -0.2) is 0 Å². The smallest absolute Gasteiger partial charge is 0.416 e. The Hall–Kier alpha value is -1.18. The summed E-state index contributed by atoms with van der Waals surface area (Å²) >= 11 is 4.73. The number of hydrogen-bond acceptors (Lipinski definition) is 3. The summed E-state index contributed by atoms with van der Waals surface area (Å²) < 4.78 is 38.8. The van der Waals surface area contributed by atoms with Crippen LogP contribution in [0.4, 0.5) is 13.2 Å². The van der Waals surface area contributed by atoms with Crippen molar-refractivity contribution in [2.45, 2.75) is 36.8 Å². The minimum Gasteiger partial charge on any atom is -0.507 e. The van der Waals surface area contributed by atoms with Crippen LogP contribution < -0.4 is 5.32 Å². The molecule has 0 saturated carbocycles. The number of phenolic OH excluding ortho intramolecular Hbond substituents is 1. The third-order valence-electron chi connectivity index (χ3n) is 3.39. The van der Waals surface area contributed by atoms with Gasteiger partial charge < -0.3 is 5.11 Å². The summed E-state index contributed by atoms with van der Waals surface area (Å²) in [4.78, 5) is 0.834. The van der Waals surface area contributed by atoms with Crippen LogP contribution in [0.2, 0.25) is 0 Å². The van der Waals surface area contributed by atoms with Crippen LogP contribution >= 0.6 is 27.7 Å². The van der Waals surface area contributed by atoms with Gasteiger partial charge in [0.1, 0.15) is 5.75 Å². The summed E-state index contributed by atoms with van der Waals surface area (Å²) in [6.45, 7) is 4.37. The van der Waals surface area contributed by atoms with E-state index < -0.39 is 11.7 Å². The molecule has 2 aromatic carbocycles. The number of halogens is 4. The van der Waals surface area contributed by atoms with Gasteiger partial charge in [-0.1, -0.05) is 19.9 Å². The molecule has 2 N–H and O–H groups in total. The number of aromatic hydroxyl groups is 1. The summed E-state index contributed by atoms with van der Waals surface area (Å²) in [6.07, 6.45) is -4.32. The van der Waals surface area contributed by atoms with Crippen LogP contribution in [0.5, 0.6) is 5.75 Å². The largest absolute Gasteiger partial charge is 0.507 e. The Morgan fingerprint density at radius 3 is 2.50 bits per heavy atom. The van der Waals surface area contributed by atoms with Crippen molar-refractivity contribution in [1.82, 2.24) is 5.32 Å². The number of thioether (sulfide) groups is 1. The lowest BCUT2D eigenvalue weighted by atomic mass is 10.1. The van der Waals surface area contributed by atoms with Crippen molar-refractivity contribution in [3.63, 3.8) is 0 Å². The molecule has 0 aliphatic carbocycles. The number of nitrogens with one attached hydrogen (secondary N) is 1. The molecule has 0 amide bonds. The number of fused-ring (bicyclic) bond motifs is 1. The van der Waals surface area contributed by atoms with Gasteiger partial charge >= 0.3 is 6.18 Å². The van der Waals surface area contributed by atoms with E-state index in [1.807, 2.05) is 13.8 Å². The molecule has 1 aliphatic rings. The molecule has 3 rings (SSSR count). The summed E-state index contributed by atoms with van der Waals surface area (Å²) in [5, 5.41) is 12.7. The van der Waals surface area contributed by atoms with Crippen molar-refractivity contribution in [2.75, 3.05) is 0 Å². The van der Waals surface area contributed by atoms with Crippen LogP contribution in [0, 0.1) is 0 Å². The van der Waals surface area contributed by atoms with Crippen LogP contribution in [0.15, 0.2) is 45.8 Å². The van der Waals surface area contributed by atoms with Crippen molar-refractivity contribution in [3.05, 3.63) is 57.6 Å². The number of hydrogen-bond donors (Lipinski definition) is 2. The molecule has 7 heteroatoms. The van der Waals surface area contributed by atoms with E-state index in [4.69, 9.17) is 0 Å². The maximum Gasteiger partial charge on any atom is 0.416 e. The first-order valence-electron chi connectivity index (χ1n) is 7.43. The van der Waals surface area contributed by atoms with Crippen molar-refractivity contribution in [1.29, 1.82) is 0 Å². The van der Waals surface area contributed by atoms with Gasteiger partial charge in [0, 0.05) is 11.4 Å². The molecule has 24 heavy (non-hydrogen) atoms. The maximum absolute atomic E-state index is 12.7. The van der Waals surface area contributed by atoms with Gasteiger partial charge in [0.05, 0.1) is 15.4 Å². The van der Waals surface area contributed by atoms with Gasteiger partial charge in [0.25, 0.3) is 0 Å². The molecular formula is C17H17BrF3NOS. The molecule has 0 fully saturated rings. The lowest BCUT2D eigenvalue weighted by molar-refractivity contribution is -0.137. The predicted molar refractivity (Wildman–Crippen MR) is 94.0 cm³/mol. The SMILES string of the molecule is CC.Oc1ccc(C2NCc3cc(C(F)(F)F)ccc3S2)cc1Br. The molecule has 1 atom stereocenters. The number of benzene rings is 2. The summed E-state index contributed by atoms with van der Waals surface area (Å²) in [5.74, 6) is 0.153. The summed E-state index contributed by atoms with van der Waals surface area (Å²) in [5.41, 5.74) is 0.966. The van der Waals surface area contributed by atoms with Crippen molar-refractivity contribution in [3.8, 4) is 5.75 Å². The second kappa shape index (κ2) is 7.80. The van der Waals surface area contributed by atoms with Crippen molar-refractivity contribution >= 4 is 27.7 Å². The summed E-state index contributed by atoms with van der Waals surface area (Å²) in [6, 6.07) is 9.00. The average molecular weight is 420 g/mol. The molecule has 1 unspecified atom stereocenters. The minimum absolute atomic E-state index is 0.0684. The Morgan fingerprint density at radius 2 is 1.88 bits per heavy atom. The maximum atomic E-state index is 12.7. The molecule has 1 aliphatic heterocycles. The lowest BCUT2D eigenvalue weighted by Gasteiger charge is -2.26. The van der Waals surface area contributed by atoms with Crippen molar-refractivity contribution in [2.24, 2.45) is 0 Å². The van der Waals surface area contributed by atoms with Crippen LogP contribution in [0.3, 0.4) is 0 Å². The first-order chi connectivity index (χ1) is 11.3. The average Bonchev–Trinajstić information content (AvgIpc) is 2.57. The minimum atomic E-state index is -4.32. The highest BCUT2D eigenvalue weighted by Crippen LogP contribution is 2.42. The third-order valence-corrected chi connectivity index (χ3v) is 5.35. The quantitative estimate of drug-likeness (QED) is 0.585. The van der Waals surface area contributed by atoms with Gasteiger partial charge in [-0.2, -0.15) is 13.2 Å². The van der Waals surface area contributed by atoms with E-state index in [1.165, 1.54) is 23.9 Å². The Kier molecular flexibility index (Phi) is 6.22. The van der Waals surface area contributed by atoms with E-state index in [9.17, 15) is 18.3 Å². The molecule has 1 heterocycles. The number of alkyl halides is 3. The topological polar surface area (TPSA) is 32.3 Å². The van der Waals surface area contributed by atoms with E-state index in [2.05, 4.69) is 21.2 Å². The zero-order chi connectivity index (χ0) is 17.9. The Morgan fingerprint density at radius 1 is 1.17 bits per heavy atom. The molecule has 0 bridgehead atoms. The Bertz CT molecular complexity index is 721. The molecule has 0 spiro atoms. The monoisotopic (exact) mass is 419 g/mol. The van der Waals surface area contributed by atoms with E-state index in [0.717, 1.165) is 16.5 Å². The summed E-state index contributed by atoms with van der Waals surface area (Å²) in [7, 11) is 0. The number of phenols is 1. The van der Waals surface area contributed by atoms with Gasteiger partial charge in [-0.15, -0.1) is 11.8 Å². The molecule has 2 aromatic rings. The second-order valence-corrected chi connectivity index (χ2v) is 6.91. The Labute approximate surface area is 151 Å². The predicted octanol–water partition coefficient (Wildman–Crippen LogP) is 6.09. The zero-order valence-corrected chi connectivity index (χ0v) is 15.5. The fraction of sp³-hybridized carbons (Fsp3) is 0.294. The van der Waals surface area contributed by atoms with E-state index in [-0.39, 0.29) is 11.1 Å². The van der Waals surface area contributed by atoms with Crippen LogP contribution in [0.25, 0.3) is 0 Å². The molecule has 0 saturated heterocycles. The highest BCUT2D eigenvalue weighted by Gasteiger charge is 2.32. The first-order valence-corrected chi connectivity index (χ1v) is 9.10. The Balaban J connectivity index is 0.00000100. The van der Waals surface area contributed by atoms with Crippen LogP contribution in [-0.2, 0) is 12.7 Å². The van der Waals surface area contributed by atoms with Gasteiger partial charge in [0.15, 0.2) is 0 Å². The fourth-order valence-corrected chi connectivity index (χ4v) is 3.78. The molecule has 130 valence electrons. The van der Waals surface area contributed by atoms with E-state index >= 15 is 0 Å². The van der Waals surface area contributed by atoms with Gasteiger partial charge in [-0.05, 0) is 57.4 Å². The molecule has 0 radical (unpaired) electrons. The van der Waals surface area contributed by atoms with Crippen LogP contribution in [-0.4, -0.2) is 5.11 Å². The van der Waals surface area contributed by atoms with Crippen LogP contribution in [0.1, 0.15) is 35.9 Å². The standard InChI is InChI=1S/C15H11BrF3NOS.C2H6/c16-11-6-8(1-3-12(11)21)14-20-7-9-5-10(15(17,18)19)2-4-13(9)22-14;1-2/h1-6,14,20-21H,7H2;1-2H3. The highest BCUT2D eigenvalue weighted by molar-refractivity contribution is 9.10. The normalized spacial score (nSPS) is 16.8. The van der Waals surface area contributed by atoms with E-state index in [1.54, 1.807) is 18.2 Å². The first kappa shape index (κ1) is 19.1. The van der Waals surface area contributed by atoms with Gasteiger partial charge in [0.2, 0.25) is 0 Å². The molecule has 0 aromatic heterocycles. The molecule has 2 nitrogen and oxygen atoms in total. The fourth-order valence-electron chi connectivity index (χ4n) is 2.25. The number of rotatable bonds is 1. The lowest BCUT2D eigenvalue weighted by Crippen LogP contribution is -2.23. The van der Waals surface area contributed by atoms with E-state index in [0.29, 0.717) is 16.6 Å². The van der Waals surface area contributed by atoms with Gasteiger partial charge in [-0.3, -0.25) is 5.32 Å². The second-order valence-electron chi connectivity index (χ2n) is 4.91. The molecular weight excluding hydrogens is 403 g/mol. The zero-order valence-electron chi connectivity index (χ0n) is 13.1. The highest BCUT2D eigenvalue weighted by atomic mass is 79.9. The van der Waals surface area contributed by atoms with Crippen molar-refractivity contribution < 1.29 is 18.3 Å².